The van der Waals surface area contributed by atoms with Crippen LogP contribution in [0.2, 0.25) is 5.15 Å². The van der Waals surface area contributed by atoms with Crippen LogP contribution in [0, 0.1) is 0 Å². The largest absolute Gasteiger partial charge is 0.388 e. The molecule has 3 heterocycles. The highest BCUT2D eigenvalue weighted by Gasteiger charge is 2.34. The summed E-state index contributed by atoms with van der Waals surface area (Å²) in [7, 11) is 0. The van der Waals surface area contributed by atoms with Gasteiger partial charge < -0.3 is 14.6 Å². The Balaban J connectivity index is 1.33. The van der Waals surface area contributed by atoms with E-state index in [0.29, 0.717) is 17.7 Å². The minimum atomic E-state index is -0.665. The maximum Gasteiger partial charge on any atom is 0.129 e. The zero-order chi connectivity index (χ0) is 19.6. The molecule has 4 nitrogen and oxygen atoms in total. The van der Waals surface area contributed by atoms with E-state index in [1.165, 1.54) is 5.56 Å². The Morgan fingerprint density at radius 1 is 1.11 bits per heavy atom. The van der Waals surface area contributed by atoms with Crippen molar-refractivity contribution in [3.05, 3.63) is 65.4 Å². The maximum absolute atomic E-state index is 11.2. The number of hydrogen-bond acceptors (Lipinski definition) is 3. The van der Waals surface area contributed by atoms with Crippen LogP contribution in [-0.2, 0) is 13.0 Å². The summed E-state index contributed by atoms with van der Waals surface area (Å²) in [4.78, 5) is 6.87. The third-order valence-electron chi connectivity index (χ3n) is 6.10. The van der Waals surface area contributed by atoms with Crippen molar-refractivity contribution in [3.8, 4) is 0 Å². The van der Waals surface area contributed by atoms with Gasteiger partial charge in [-0.3, -0.25) is 0 Å². The molecular weight excluding hydrogens is 370 g/mol. The van der Waals surface area contributed by atoms with Crippen molar-refractivity contribution >= 4 is 22.6 Å². The highest BCUT2D eigenvalue weighted by atomic mass is 35.5. The molecule has 3 aromatic rings. The molecule has 0 aliphatic carbocycles. The Labute approximate surface area is 171 Å². The Morgan fingerprint density at radius 2 is 1.86 bits per heavy atom. The topological polar surface area (TPSA) is 41.3 Å². The summed E-state index contributed by atoms with van der Waals surface area (Å²) in [6.07, 6.45) is 5.85. The van der Waals surface area contributed by atoms with Crippen LogP contribution in [0.3, 0.4) is 0 Å². The summed E-state index contributed by atoms with van der Waals surface area (Å²) < 4.78 is 2.10. The third kappa shape index (κ3) is 4.40. The van der Waals surface area contributed by atoms with Gasteiger partial charge in [-0.2, -0.15) is 0 Å². The molecule has 5 heteroatoms. The van der Waals surface area contributed by atoms with E-state index in [0.717, 1.165) is 49.8 Å². The van der Waals surface area contributed by atoms with Crippen molar-refractivity contribution in [2.75, 3.05) is 13.1 Å². The molecule has 0 radical (unpaired) electrons. The van der Waals surface area contributed by atoms with Gasteiger partial charge in [-0.1, -0.05) is 41.9 Å². The number of rotatable bonds is 6. The van der Waals surface area contributed by atoms with Crippen LogP contribution in [-0.4, -0.2) is 44.3 Å². The molecular formula is C23H28ClN3O. The van der Waals surface area contributed by atoms with Crippen molar-refractivity contribution in [2.45, 2.75) is 50.8 Å². The van der Waals surface area contributed by atoms with Gasteiger partial charge in [0.2, 0.25) is 0 Å². The molecule has 1 aliphatic rings. The molecule has 0 amide bonds. The normalized spacial score (nSPS) is 18.4. The molecule has 1 N–H and O–H groups in total. The van der Waals surface area contributed by atoms with E-state index in [9.17, 15) is 5.11 Å². The first-order valence-corrected chi connectivity index (χ1v) is 10.5. The van der Waals surface area contributed by atoms with Gasteiger partial charge in [-0.05, 0) is 56.4 Å². The zero-order valence-electron chi connectivity index (χ0n) is 16.4. The van der Waals surface area contributed by atoms with Gasteiger partial charge in [-0.15, -0.1) is 0 Å². The highest BCUT2D eigenvalue weighted by molar-refractivity contribution is 6.29. The second-order valence-electron chi connectivity index (χ2n) is 8.12. The molecule has 0 saturated carbocycles. The number of nitrogens with zero attached hydrogens (tertiary/aromatic N) is 3. The van der Waals surface area contributed by atoms with E-state index in [4.69, 9.17) is 11.6 Å². The molecule has 1 saturated heterocycles. The van der Waals surface area contributed by atoms with E-state index < -0.39 is 5.60 Å². The first kappa shape index (κ1) is 19.4. The van der Waals surface area contributed by atoms with Gasteiger partial charge in [0.15, 0.2) is 0 Å². The van der Waals surface area contributed by atoms with Crippen LogP contribution >= 0.6 is 11.6 Å². The number of aliphatic hydroxyl groups is 1. The number of pyridine rings is 1. The molecule has 1 fully saturated rings. The number of fused-ring (bicyclic) bond motifs is 1. The number of aryl methyl sites for hydroxylation is 1. The second-order valence-corrected chi connectivity index (χ2v) is 8.50. The minimum Gasteiger partial charge on any atom is -0.388 e. The molecule has 1 aliphatic heterocycles. The summed E-state index contributed by atoms with van der Waals surface area (Å²) in [6, 6.07) is 17.0. The molecule has 2 aromatic heterocycles. The quantitative estimate of drug-likeness (QED) is 0.621. The maximum atomic E-state index is 11.2. The van der Waals surface area contributed by atoms with Crippen molar-refractivity contribution < 1.29 is 5.11 Å². The Hall–Kier alpha value is -1.88. The van der Waals surface area contributed by atoms with Crippen molar-refractivity contribution in [1.29, 1.82) is 0 Å². The molecule has 0 spiro atoms. The van der Waals surface area contributed by atoms with Crippen LogP contribution < -0.4 is 0 Å². The molecule has 0 bridgehead atoms. The lowest BCUT2D eigenvalue weighted by Crippen LogP contribution is -2.49. The third-order valence-corrected chi connectivity index (χ3v) is 6.31. The first-order valence-electron chi connectivity index (χ1n) is 10.1. The second kappa shape index (κ2) is 8.24. The number of halogens is 1. The summed E-state index contributed by atoms with van der Waals surface area (Å²) in [5.41, 5.74) is 2.64. The predicted octanol–water partition coefficient (Wildman–Crippen LogP) is 4.54. The lowest BCUT2D eigenvalue weighted by molar-refractivity contribution is -0.0411. The van der Waals surface area contributed by atoms with Gasteiger partial charge in [0.25, 0.3) is 0 Å². The fourth-order valence-corrected chi connectivity index (χ4v) is 4.40. The van der Waals surface area contributed by atoms with Crippen molar-refractivity contribution in [3.63, 3.8) is 0 Å². The van der Waals surface area contributed by atoms with E-state index in [2.05, 4.69) is 51.7 Å². The Kier molecular flexibility index (Phi) is 5.72. The lowest BCUT2D eigenvalue weighted by atomic mass is 9.90. The number of benzene rings is 1. The smallest absolute Gasteiger partial charge is 0.129 e. The van der Waals surface area contributed by atoms with Gasteiger partial charge in [0.1, 0.15) is 5.15 Å². The van der Waals surface area contributed by atoms with Crippen LogP contribution in [0.5, 0.6) is 0 Å². The van der Waals surface area contributed by atoms with E-state index in [-0.39, 0.29) is 0 Å². The predicted molar refractivity (Wildman–Crippen MR) is 115 cm³/mol. The molecule has 0 unspecified atom stereocenters. The van der Waals surface area contributed by atoms with E-state index in [1.807, 2.05) is 24.4 Å². The minimum absolute atomic E-state index is 0.502. The van der Waals surface area contributed by atoms with Crippen LogP contribution in [0.4, 0.5) is 0 Å². The fraction of sp³-hybridized carbons (Fsp3) is 0.435. The zero-order valence-corrected chi connectivity index (χ0v) is 17.1. The Morgan fingerprint density at radius 3 is 2.61 bits per heavy atom. The van der Waals surface area contributed by atoms with E-state index in [1.54, 1.807) is 0 Å². The van der Waals surface area contributed by atoms with E-state index >= 15 is 0 Å². The molecule has 28 heavy (non-hydrogen) atoms. The molecule has 1 aromatic carbocycles. The summed E-state index contributed by atoms with van der Waals surface area (Å²) >= 11 is 5.98. The van der Waals surface area contributed by atoms with Gasteiger partial charge in [-0.25, -0.2) is 4.98 Å². The molecule has 148 valence electrons. The lowest BCUT2D eigenvalue weighted by Gasteiger charge is -2.41. The summed E-state index contributed by atoms with van der Waals surface area (Å²) in [5.74, 6) is 0. The number of aromatic nitrogens is 2. The average Bonchev–Trinajstić information content (AvgIpc) is 3.08. The number of likely N-dealkylation sites (tertiary alicyclic amines) is 1. The SMILES string of the molecule is C[C@@H](CCc1ccccc1)N1CCC(O)(Cn2ccc3nc(Cl)ccc32)CC1. The van der Waals surface area contributed by atoms with Crippen molar-refractivity contribution in [1.82, 2.24) is 14.5 Å². The van der Waals surface area contributed by atoms with Crippen LogP contribution in [0.1, 0.15) is 31.7 Å². The molecule has 4 rings (SSSR count). The van der Waals surface area contributed by atoms with Crippen molar-refractivity contribution in [2.24, 2.45) is 0 Å². The average molecular weight is 398 g/mol. The van der Waals surface area contributed by atoms with Gasteiger partial charge in [0.05, 0.1) is 23.2 Å². The van der Waals surface area contributed by atoms with Gasteiger partial charge >= 0.3 is 0 Å². The highest BCUT2D eigenvalue weighted by Crippen LogP contribution is 2.28. The van der Waals surface area contributed by atoms with Crippen LogP contribution in [0.15, 0.2) is 54.7 Å². The Bertz CT molecular complexity index is 916. The first-order chi connectivity index (χ1) is 13.5. The molecule has 1 atom stereocenters. The van der Waals surface area contributed by atoms with Crippen LogP contribution in [0.25, 0.3) is 11.0 Å². The number of hydrogen-bond donors (Lipinski definition) is 1. The summed E-state index contributed by atoms with van der Waals surface area (Å²) in [5, 5.41) is 11.7. The van der Waals surface area contributed by atoms with Gasteiger partial charge in [0, 0.05) is 25.3 Å². The summed E-state index contributed by atoms with van der Waals surface area (Å²) in [6.45, 7) is 4.79. The number of piperidine rings is 1. The standard InChI is InChI=1S/C23H28ClN3O/c1-18(7-8-19-5-3-2-4-6-19)26-15-12-23(28,13-16-26)17-27-14-11-20-21(27)9-10-22(24)25-20/h2-6,9-11,14,18,28H,7-8,12-13,15-17H2,1H3/t18-/m0/s1. The fourth-order valence-electron chi connectivity index (χ4n) is 4.25. The monoisotopic (exact) mass is 397 g/mol.